The SMILES string of the molecule is CCOC(=O)c1c(C)[nH]c(C(=O)C(=O)Nc2c(C)cc(C)cc2C)c1-c1ccccc1. The molecule has 0 aliphatic carbocycles. The van der Waals surface area contributed by atoms with Gasteiger partial charge in [0, 0.05) is 16.9 Å². The maximum atomic E-state index is 13.2. The predicted octanol–water partition coefficient (Wildman–Crippen LogP) is 4.91. The molecule has 0 aliphatic rings. The molecular weight excluding hydrogens is 392 g/mol. The second kappa shape index (κ2) is 9.00. The normalized spacial score (nSPS) is 10.6. The number of aromatic amines is 1. The van der Waals surface area contributed by atoms with E-state index in [0.717, 1.165) is 16.7 Å². The Morgan fingerprint density at radius 3 is 2.16 bits per heavy atom. The first kappa shape index (κ1) is 22.0. The highest BCUT2D eigenvalue weighted by Gasteiger charge is 2.30. The van der Waals surface area contributed by atoms with Crippen LogP contribution in [0.4, 0.5) is 5.69 Å². The standard InChI is InChI=1S/C25H26N2O4/c1-6-31-25(30)19-17(5)26-22(20(19)18-10-8-7-9-11-18)23(28)24(29)27-21-15(3)12-14(2)13-16(21)4/h7-13,26H,6H2,1-5H3,(H,27,29). The molecule has 0 aliphatic heterocycles. The van der Waals surface area contributed by atoms with E-state index in [-0.39, 0.29) is 17.9 Å². The molecule has 31 heavy (non-hydrogen) atoms. The van der Waals surface area contributed by atoms with Gasteiger partial charge in [-0.2, -0.15) is 0 Å². The first-order valence-electron chi connectivity index (χ1n) is 10.1. The van der Waals surface area contributed by atoms with Crippen LogP contribution in [0.1, 0.15) is 50.2 Å². The van der Waals surface area contributed by atoms with Gasteiger partial charge in [-0.15, -0.1) is 0 Å². The number of anilines is 1. The molecule has 2 aromatic carbocycles. The minimum atomic E-state index is -0.774. The molecule has 0 saturated heterocycles. The van der Waals surface area contributed by atoms with Crippen LogP contribution in [0.3, 0.4) is 0 Å². The molecule has 160 valence electrons. The van der Waals surface area contributed by atoms with Gasteiger partial charge < -0.3 is 15.0 Å². The number of hydrogen-bond donors (Lipinski definition) is 2. The van der Waals surface area contributed by atoms with Crippen LogP contribution in [0.5, 0.6) is 0 Å². The molecule has 0 saturated carbocycles. The number of ether oxygens (including phenoxy) is 1. The number of nitrogens with one attached hydrogen (secondary N) is 2. The van der Waals surface area contributed by atoms with Gasteiger partial charge in [0.25, 0.3) is 11.7 Å². The summed E-state index contributed by atoms with van der Waals surface area (Å²) in [6, 6.07) is 12.9. The predicted molar refractivity (Wildman–Crippen MR) is 121 cm³/mol. The smallest absolute Gasteiger partial charge is 0.340 e. The number of aryl methyl sites for hydroxylation is 4. The van der Waals surface area contributed by atoms with Crippen molar-refractivity contribution in [1.29, 1.82) is 0 Å². The lowest BCUT2D eigenvalue weighted by Crippen LogP contribution is -2.24. The van der Waals surface area contributed by atoms with Crippen LogP contribution in [-0.2, 0) is 9.53 Å². The second-order valence-electron chi connectivity index (χ2n) is 7.52. The zero-order chi connectivity index (χ0) is 22.7. The van der Waals surface area contributed by atoms with Crippen molar-refractivity contribution in [3.05, 3.63) is 76.1 Å². The largest absolute Gasteiger partial charge is 0.462 e. The molecule has 0 radical (unpaired) electrons. The van der Waals surface area contributed by atoms with Crippen molar-refractivity contribution < 1.29 is 19.1 Å². The molecule has 3 rings (SSSR count). The summed E-state index contributed by atoms with van der Waals surface area (Å²) < 4.78 is 5.19. The topological polar surface area (TPSA) is 88.3 Å². The number of amides is 1. The van der Waals surface area contributed by atoms with Crippen LogP contribution in [0.2, 0.25) is 0 Å². The van der Waals surface area contributed by atoms with Gasteiger partial charge in [0.1, 0.15) is 5.69 Å². The van der Waals surface area contributed by atoms with Gasteiger partial charge in [0.2, 0.25) is 0 Å². The van der Waals surface area contributed by atoms with Gasteiger partial charge in [-0.3, -0.25) is 9.59 Å². The van der Waals surface area contributed by atoms with Crippen molar-refractivity contribution in [1.82, 2.24) is 4.98 Å². The van der Waals surface area contributed by atoms with Gasteiger partial charge in [0.05, 0.1) is 12.2 Å². The Hall–Kier alpha value is -3.67. The molecule has 0 atom stereocenters. The summed E-state index contributed by atoms with van der Waals surface area (Å²) in [5.74, 6) is -2.07. The zero-order valence-corrected chi connectivity index (χ0v) is 18.4. The number of Topliss-reactive ketones (excluding diaryl/α,β-unsaturated/α-hetero) is 1. The number of benzene rings is 2. The molecule has 1 heterocycles. The van der Waals surface area contributed by atoms with Crippen LogP contribution >= 0.6 is 0 Å². The summed E-state index contributed by atoms with van der Waals surface area (Å²) in [4.78, 5) is 41.7. The van der Waals surface area contributed by atoms with Gasteiger partial charge in [-0.25, -0.2) is 4.79 Å². The van der Waals surface area contributed by atoms with Crippen molar-refractivity contribution in [2.24, 2.45) is 0 Å². The molecule has 1 aromatic heterocycles. The average molecular weight is 418 g/mol. The molecule has 1 amide bonds. The van der Waals surface area contributed by atoms with E-state index < -0.39 is 17.7 Å². The summed E-state index contributed by atoms with van der Waals surface area (Å²) in [6.45, 7) is 9.34. The third-order valence-electron chi connectivity index (χ3n) is 5.08. The first-order valence-corrected chi connectivity index (χ1v) is 10.1. The highest BCUT2D eigenvalue weighted by molar-refractivity contribution is 6.47. The summed E-state index contributed by atoms with van der Waals surface area (Å²) >= 11 is 0. The van der Waals surface area contributed by atoms with E-state index in [1.54, 1.807) is 38.1 Å². The number of rotatable bonds is 6. The van der Waals surface area contributed by atoms with Crippen molar-refractivity contribution in [3.8, 4) is 11.1 Å². The average Bonchev–Trinajstić information content (AvgIpc) is 3.07. The van der Waals surface area contributed by atoms with E-state index in [9.17, 15) is 14.4 Å². The number of carbonyl (C=O) groups excluding carboxylic acids is 3. The van der Waals surface area contributed by atoms with E-state index in [4.69, 9.17) is 4.74 Å². The van der Waals surface area contributed by atoms with Crippen molar-refractivity contribution >= 4 is 23.3 Å². The lowest BCUT2D eigenvalue weighted by Gasteiger charge is -2.13. The van der Waals surface area contributed by atoms with E-state index in [1.165, 1.54) is 0 Å². The molecule has 6 nitrogen and oxygen atoms in total. The molecule has 0 fully saturated rings. The maximum absolute atomic E-state index is 13.2. The Kier molecular flexibility index (Phi) is 6.39. The van der Waals surface area contributed by atoms with Crippen LogP contribution < -0.4 is 5.32 Å². The maximum Gasteiger partial charge on any atom is 0.340 e. The molecular formula is C25H26N2O4. The lowest BCUT2D eigenvalue weighted by molar-refractivity contribution is -0.112. The van der Waals surface area contributed by atoms with Crippen molar-refractivity contribution in [2.75, 3.05) is 11.9 Å². The number of carbonyl (C=O) groups is 3. The number of aromatic nitrogens is 1. The number of H-pyrrole nitrogens is 1. The third-order valence-corrected chi connectivity index (χ3v) is 5.08. The van der Waals surface area contributed by atoms with Crippen LogP contribution in [0.25, 0.3) is 11.1 Å². The van der Waals surface area contributed by atoms with Gasteiger partial charge in [-0.05, 0) is 51.3 Å². The molecule has 6 heteroatoms. The quantitative estimate of drug-likeness (QED) is 0.338. The Morgan fingerprint density at radius 2 is 1.58 bits per heavy atom. The van der Waals surface area contributed by atoms with E-state index in [0.29, 0.717) is 22.5 Å². The van der Waals surface area contributed by atoms with Crippen molar-refractivity contribution in [2.45, 2.75) is 34.6 Å². The van der Waals surface area contributed by atoms with Gasteiger partial charge >= 0.3 is 5.97 Å². The number of esters is 1. The highest BCUT2D eigenvalue weighted by Crippen LogP contribution is 2.32. The fraction of sp³-hybridized carbons (Fsp3) is 0.240. The summed E-state index contributed by atoms with van der Waals surface area (Å²) in [5, 5.41) is 2.74. The Balaban J connectivity index is 2.06. The van der Waals surface area contributed by atoms with E-state index >= 15 is 0 Å². The molecule has 0 unspecified atom stereocenters. The van der Waals surface area contributed by atoms with Crippen LogP contribution in [-0.4, -0.2) is 29.3 Å². The monoisotopic (exact) mass is 418 g/mol. The highest BCUT2D eigenvalue weighted by atomic mass is 16.5. The van der Waals surface area contributed by atoms with Gasteiger partial charge in [-0.1, -0.05) is 48.0 Å². The molecule has 0 spiro atoms. The third kappa shape index (κ3) is 4.43. The first-order chi connectivity index (χ1) is 14.7. The minimum Gasteiger partial charge on any atom is -0.462 e. The Bertz CT molecular complexity index is 1140. The number of hydrogen-bond acceptors (Lipinski definition) is 4. The summed E-state index contributed by atoms with van der Waals surface area (Å²) in [7, 11) is 0. The molecule has 3 aromatic rings. The summed E-state index contributed by atoms with van der Waals surface area (Å²) in [6.07, 6.45) is 0. The lowest BCUT2D eigenvalue weighted by atomic mass is 9.98. The Morgan fingerprint density at radius 1 is 0.968 bits per heavy atom. The van der Waals surface area contributed by atoms with Crippen LogP contribution in [0, 0.1) is 27.7 Å². The fourth-order valence-corrected chi connectivity index (χ4v) is 3.81. The van der Waals surface area contributed by atoms with E-state index in [1.807, 2.05) is 39.0 Å². The Labute approximate surface area is 181 Å². The zero-order valence-electron chi connectivity index (χ0n) is 18.4. The fourth-order valence-electron chi connectivity index (χ4n) is 3.81. The minimum absolute atomic E-state index is 0.0617. The molecule has 2 N–H and O–H groups in total. The molecule has 0 bridgehead atoms. The summed E-state index contributed by atoms with van der Waals surface area (Å²) in [5.41, 5.74) is 5.23. The van der Waals surface area contributed by atoms with E-state index in [2.05, 4.69) is 10.3 Å². The second-order valence-corrected chi connectivity index (χ2v) is 7.52. The number of ketones is 1. The van der Waals surface area contributed by atoms with Gasteiger partial charge in [0.15, 0.2) is 0 Å². The van der Waals surface area contributed by atoms with Crippen molar-refractivity contribution in [3.63, 3.8) is 0 Å². The van der Waals surface area contributed by atoms with Crippen LogP contribution in [0.15, 0.2) is 42.5 Å².